The molecule has 1 heterocycles. The Morgan fingerprint density at radius 2 is 1.96 bits per heavy atom. The maximum atomic E-state index is 13.2. The molecule has 0 atom stereocenters. The van der Waals surface area contributed by atoms with Crippen LogP contribution in [-0.2, 0) is 23.6 Å². The molecule has 0 amide bonds. The lowest BCUT2D eigenvalue weighted by molar-refractivity contribution is -0.385. The summed E-state index contributed by atoms with van der Waals surface area (Å²) < 4.78 is 29.3. The molecule has 25 heavy (non-hydrogen) atoms. The smallest absolute Gasteiger partial charge is 0.271 e. The fraction of sp³-hybridized carbons (Fsp3) is 0.438. The van der Waals surface area contributed by atoms with Gasteiger partial charge in [-0.3, -0.25) is 14.8 Å². The van der Waals surface area contributed by atoms with Crippen molar-refractivity contribution in [1.82, 2.24) is 14.1 Å². The summed E-state index contributed by atoms with van der Waals surface area (Å²) in [5.41, 5.74) is 1.60. The molecule has 0 unspecified atom stereocenters. The Balaban J connectivity index is 2.55. The zero-order valence-corrected chi connectivity index (χ0v) is 15.7. The average molecular weight is 366 g/mol. The van der Waals surface area contributed by atoms with E-state index in [1.165, 1.54) is 10.4 Å². The molecule has 1 aromatic heterocycles. The van der Waals surface area contributed by atoms with Gasteiger partial charge in [0.15, 0.2) is 0 Å². The number of nitrogens with zero attached hydrogens (tertiary/aromatic N) is 4. The minimum Gasteiger partial charge on any atom is -0.275 e. The van der Waals surface area contributed by atoms with Crippen molar-refractivity contribution in [2.75, 3.05) is 0 Å². The molecule has 0 saturated carbocycles. The highest BCUT2D eigenvalue weighted by Gasteiger charge is 2.31. The lowest BCUT2D eigenvalue weighted by atomic mass is 10.1. The highest BCUT2D eigenvalue weighted by atomic mass is 32.2. The second-order valence-electron chi connectivity index (χ2n) is 6.31. The van der Waals surface area contributed by atoms with Crippen molar-refractivity contribution < 1.29 is 13.3 Å². The molecule has 136 valence electrons. The fourth-order valence-electron chi connectivity index (χ4n) is 2.59. The van der Waals surface area contributed by atoms with Gasteiger partial charge in [0.05, 0.1) is 16.0 Å². The summed E-state index contributed by atoms with van der Waals surface area (Å²) in [5.74, 6) is 0. The molecule has 1 aromatic carbocycles. The average Bonchev–Trinajstić information content (AvgIpc) is 2.91. The molecule has 0 saturated heterocycles. The first-order valence-corrected chi connectivity index (χ1v) is 9.23. The number of non-ortho nitro benzene ring substituents is 1. The second kappa shape index (κ2) is 6.93. The number of nitro groups is 1. The molecule has 8 nitrogen and oxygen atoms in total. The van der Waals surface area contributed by atoms with Crippen molar-refractivity contribution in [3.05, 3.63) is 51.3 Å². The number of aromatic nitrogens is 2. The van der Waals surface area contributed by atoms with Gasteiger partial charge in [-0.05, 0) is 38.8 Å². The van der Waals surface area contributed by atoms with Crippen LogP contribution < -0.4 is 0 Å². The third kappa shape index (κ3) is 3.88. The van der Waals surface area contributed by atoms with Crippen molar-refractivity contribution in [1.29, 1.82) is 0 Å². The van der Waals surface area contributed by atoms with E-state index in [1.54, 1.807) is 51.8 Å². The molecular weight excluding hydrogens is 344 g/mol. The molecule has 0 aliphatic rings. The predicted octanol–water partition coefficient (Wildman–Crippen LogP) is 2.54. The second-order valence-corrected chi connectivity index (χ2v) is 8.17. The van der Waals surface area contributed by atoms with Gasteiger partial charge in [0.25, 0.3) is 5.69 Å². The number of nitro benzene ring substituents is 1. The summed E-state index contributed by atoms with van der Waals surface area (Å²) in [5, 5.41) is 15.2. The van der Waals surface area contributed by atoms with E-state index >= 15 is 0 Å². The van der Waals surface area contributed by atoms with Gasteiger partial charge in [0, 0.05) is 43.5 Å². The Morgan fingerprint density at radius 1 is 1.32 bits per heavy atom. The third-order valence-corrected chi connectivity index (χ3v) is 6.22. The van der Waals surface area contributed by atoms with Crippen molar-refractivity contribution in [3.63, 3.8) is 0 Å². The van der Waals surface area contributed by atoms with E-state index in [9.17, 15) is 18.5 Å². The van der Waals surface area contributed by atoms with Gasteiger partial charge in [-0.1, -0.05) is 0 Å². The van der Waals surface area contributed by atoms with Crippen LogP contribution in [0.2, 0.25) is 0 Å². The number of hydrogen-bond donors (Lipinski definition) is 0. The number of sulfonamides is 1. The zero-order valence-electron chi connectivity index (χ0n) is 14.9. The first-order valence-electron chi connectivity index (χ1n) is 7.79. The summed E-state index contributed by atoms with van der Waals surface area (Å²) in [6.45, 7) is 7.02. The third-order valence-electron chi connectivity index (χ3n) is 4.07. The first kappa shape index (κ1) is 19.1. The molecule has 0 fully saturated rings. The van der Waals surface area contributed by atoms with Crippen LogP contribution in [0.25, 0.3) is 0 Å². The fourth-order valence-corrected chi connectivity index (χ4v) is 4.53. The highest BCUT2D eigenvalue weighted by molar-refractivity contribution is 7.89. The van der Waals surface area contributed by atoms with Crippen LogP contribution >= 0.6 is 0 Å². The monoisotopic (exact) mass is 366 g/mol. The summed E-state index contributed by atoms with van der Waals surface area (Å²) in [6, 6.07) is 2.20. The van der Waals surface area contributed by atoms with Crippen LogP contribution in [0.1, 0.15) is 30.5 Å². The van der Waals surface area contributed by atoms with Gasteiger partial charge in [-0.15, -0.1) is 0 Å². The molecule has 0 aliphatic heterocycles. The van der Waals surface area contributed by atoms with Crippen molar-refractivity contribution in [3.8, 4) is 0 Å². The molecule has 2 aromatic rings. The van der Waals surface area contributed by atoms with E-state index in [0.29, 0.717) is 11.1 Å². The highest BCUT2D eigenvalue weighted by Crippen LogP contribution is 2.29. The number of aryl methyl sites for hydroxylation is 2. The van der Waals surface area contributed by atoms with Gasteiger partial charge in [0.2, 0.25) is 10.0 Å². The molecule has 0 spiro atoms. The van der Waals surface area contributed by atoms with Crippen LogP contribution in [0.15, 0.2) is 29.4 Å². The Morgan fingerprint density at radius 3 is 2.44 bits per heavy atom. The number of hydrogen-bond acceptors (Lipinski definition) is 5. The lowest BCUT2D eigenvalue weighted by Gasteiger charge is -2.26. The van der Waals surface area contributed by atoms with E-state index in [1.807, 2.05) is 0 Å². The summed E-state index contributed by atoms with van der Waals surface area (Å²) in [7, 11) is -2.15. The van der Waals surface area contributed by atoms with Crippen molar-refractivity contribution in [2.45, 2.75) is 45.2 Å². The van der Waals surface area contributed by atoms with E-state index in [-0.39, 0.29) is 23.2 Å². The van der Waals surface area contributed by atoms with Gasteiger partial charge >= 0.3 is 0 Å². The van der Waals surface area contributed by atoms with Crippen LogP contribution in [0.5, 0.6) is 0 Å². The molecule has 0 radical (unpaired) electrons. The summed E-state index contributed by atoms with van der Waals surface area (Å²) in [4.78, 5) is 10.5. The minimum atomic E-state index is -3.91. The first-order chi connectivity index (χ1) is 11.5. The van der Waals surface area contributed by atoms with E-state index in [2.05, 4.69) is 5.10 Å². The standard InChI is InChI=1S/C16H22N4O4S/c1-11(2)19(10-14-8-17-18(5)9-14)25(23,24)16-7-15(20(21)22)6-12(3)13(16)4/h6-9,11H,10H2,1-5H3. The molecule has 2 rings (SSSR count). The molecule has 0 N–H and O–H groups in total. The zero-order chi connectivity index (χ0) is 18.9. The Kier molecular flexibility index (Phi) is 5.28. The number of benzene rings is 1. The molecule has 0 aliphatic carbocycles. The van der Waals surface area contributed by atoms with Crippen LogP contribution in [0.3, 0.4) is 0 Å². The largest absolute Gasteiger partial charge is 0.275 e. The van der Waals surface area contributed by atoms with Crippen molar-refractivity contribution in [2.24, 2.45) is 7.05 Å². The summed E-state index contributed by atoms with van der Waals surface area (Å²) >= 11 is 0. The Hall–Kier alpha value is -2.26. The van der Waals surface area contributed by atoms with Gasteiger partial charge in [-0.25, -0.2) is 8.42 Å². The maximum Gasteiger partial charge on any atom is 0.271 e. The SMILES string of the molecule is Cc1cc([N+](=O)[O-])cc(S(=O)(=O)N(Cc2cnn(C)c2)C(C)C)c1C. The van der Waals surface area contributed by atoms with Gasteiger partial charge in [-0.2, -0.15) is 9.40 Å². The quantitative estimate of drug-likeness (QED) is 0.578. The van der Waals surface area contributed by atoms with Crippen LogP contribution in [0, 0.1) is 24.0 Å². The van der Waals surface area contributed by atoms with Gasteiger partial charge in [0.1, 0.15) is 0 Å². The number of rotatable bonds is 6. The topological polar surface area (TPSA) is 98.3 Å². The maximum absolute atomic E-state index is 13.2. The lowest BCUT2D eigenvalue weighted by Crippen LogP contribution is -2.36. The van der Waals surface area contributed by atoms with E-state index < -0.39 is 14.9 Å². The van der Waals surface area contributed by atoms with Crippen LogP contribution in [-0.4, -0.2) is 33.5 Å². The normalized spacial score (nSPS) is 12.1. The Labute approximate surface area is 147 Å². The molecule has 9 heteroatoms. The minimum absolute atomic E-state index is 0.0307. The van der Waals surface area contributed by atoms with E-state index in [0.717, 1.165) is 11.6 Å². The van der Waals surface area contributed by atoms with Crippen molar-refractivity contribution >= 4 is 15.7 Å². The van der Waals surface area contributed by atoms with E-state index in [4.69, 9.17) is 0 Å². The van der Waals surface area contributed by atoms with Crippen LogP contribution in [0.4, 0.5) is 5.69 Å². The Bertz CT molecular complexity index is 903. The predicted molar refractivity (Wildman–Crippen MR) is 93.6 cm³/mol. The summed E-state index contributed by atoms with van der Waals surface area (Å²) in [6.07, 6.45) is 3.35. The van der Waals surface area contributed by atoms with Gasteiger partial charge < -0.3 is 0 Å². The molecule has 0 bridgehead atoms. The molecular formula is C16H22N4O4S.